The average Bonchev–Trinajstić information content (AvgIpc) is 3.08. The molecule has 0 saturated carbocycles. The molecule has 2 rings (SSSR count). The minimum Gasteiger partial charge on any atom is -0.493 e. The van der Waals surface area contributed by atoms with Gasteiger partial charge in [-0.1, -0.05) is 29.2 Å². The number of carbonyl (C=O) groups is 2. The van der Waals surface area contributed by atoms with Crippen LogP contribution in [0.1, 0.15) is 19.4 Å². The molecule has 0 spiro atoms. The molecule has 1 aromatic carbocycles. The highest BCUT2D eigenvalue weighted by molar-refractivity contribution is 8.02. The predicted octanol–water partition coefficient (Wildman–Crippen LogP) is 2.78. The van der Waals surface area contributed by atoms with Gasteiger partial charge in [-0.05, 0) is 31.5 Å². The Bertz CT molecular complexity index is 797. The maximum Gasteiger partial charge on any atom is 0.319 e. The SMILES string of the molecule is CCOC(=O)[C@@H](C)Sc1nnc(NC(=O)Cc2ccc(OC)c(OC)c2)s1. The Labute approximate surface area is 165 Å². The molecule has 1 aromatic heterocycles. The van der Waals surface area contributed by atoms with Gasteiger partial charge in [0.15, 0.2) is 15.8 Å². The number of anilines is 1. The third kappa shape index (κ3) is 6.10. The predicted molar refractivity (Wildman–Crippen MR) is 104 cm³/mol. The number of aromatic nitrogens is 2. The highest BCUT2D eigenvalue weighted by atomic mass is 32.2. The second kappa shape index (κ2) is 10.1. The van der Waals surface area contributed by atoms with Crippen LogP contribution in [0.25, 0.3) is 0 Å². The molecular weight excluding hydrogens is 390 g/mol. The third-order valence-electron chi connectivity index (χ3n) is 3.36. The molecule has 0 radical (unpaired) electrons. The Morgan fingerprint density at radius 2 is 1.96 bits per heavy atom. The van der Waals surface area contributed by atoms with Crippen molar-refractivity contribution in [2.45, 2.75) is 29.9 Å². The van der Waals surface area contributed by atoms with Crippen LogP contribution in [0.2, 0.25) is 0 Å². The van der Waals surface area contributed by atoms with Crippen molar-refractivity contribution in [2.24, 2.45) is 0 Å². The van der Waals surface area contributed by atoms with Gasteiger partial charge in [0.05, 0.1) is 27.2 Å². The van der Waals surface area contributed by atoms with Gasteiger partial charge in [-0.25, -0.2) is 0 Å². The van der Waals surface area contributed by atoms with Crippen molar-refractivity contribution < 1.29 is 23.8 Å². The number of carbonyl (C=O) groups excluding carboxylic acids is 2. The zero-order chi connectivity index (χ0) is 19.8. The fourth-order valence-corrected chi connectivity index (χ4v) is 4.02. The van der Waals surface area contributed by atoms with Crippen LogP contribution >= 0.6 is 23.1 Å². The lowest BCUT2D eigenvalue weighted by Gasteiger charge is -2.09. The molecule has 0 aliphatic heterocycles. The van der Waals surface area contributed by atoms with Crippen LogP contribution in [-0.4, -0.2) is 48.2 Å². The number of hydrogen-bond acceptors (Lipinski definition) is 9. The van der Waals surface area contributed by atoms with E-state index >= 15 is 0 Å². The van der Waals surface area contributed by atoms with Crippen LogP contribution in [0.3, 0.4) is 0 Å². The number of thioether (sulfide) groups is 1. The first kappa shape index (κ1) is 21.0. The molecule has 1 amide bonds. The smallest absolute Gasteiger partial charge is 0.319 e. The Balaban J connectivity index is 1.93. The molecular formula is C17H21N3O5S2. The summed E-state index contributed by atoms with van der Waals surface area (Å²) in [7, 11) is 3.09. The van der Waals surface area contributed by atoms with Crippen molar-refractivity contribution in [3.8, 4) is 11.5 Å². The lowest BCUT2D eigenvalue weighted by molar-refractivity contribution is -0.142. The summed E-state index contributed by atoms with van der Waals surface area (Å²) in [5.41, 5.74) is 0.778. The number of esters is 1. The van der Waals surface area contributed by atoms with Gasteiger partial charge in [0.25, 0.3) is 0 Å². The number of amides is 1. The number of hydrogen-bond donors (Lipinski definition) is 1. The molecule has 146 valence electrons. The van der Waals surface area contributed by atoms with Gasteiger partial charge in [0.1, 0.15) is 5.25 Å². The fourth-order valence-electron chi connectivity index (χ4n) is 2.11. The van der Waals surface area contributed by atoms with E-state index in [2.05, 4.69) is 15.5 Å². The topological polar surface area (TPSA) is 99.6 Å². The van der Waals surface area contributed by atoms with Crippen molar-refractivity contribution in [3.05, 3.63) is 23.8 Å². The Morgan fingerprint density at radius 1 is 1.22 bits per heavy atom. The quantitative estimate of drug-likeness (QED) is 0.382. The molecule has 1 N–H and O–H groups in total. The third-order valence-corrected chi connectivity index (χ3v) is 5.36. The lowest BCUT2D eigenvalue weighted by Crippen LogP contribution is -2.16. The summed E-state index contributed by atoms with van der Waals surface area (Å²) < 4.78 is 16.0. The van der Waals surface area contributed by atoms with Crippen molar-refractivity contribution in [1.82, 2.24) is 10.2 Å². The molecule has 0 aliphatic carbocycles. The summed E-state index contributed by atoms with van der Waals surface area (Å²) >= 11 is 2.45. The first-order valence-electron chi connectivity index (χ1n) is 8.14. The zero-order valence-electron chi connectivity index (χ0n) is 15.5. The minimum atomic E-state index is -0.395. The van der Waals surface area contributed by atoms with Gasteiger partial charge >= 0.3 is 5.97 Å². The Morgan fingerprint density at radius 3 is 2.63 bits per heavy atom. The van der Waals surface area contributed by atoms with E-state index in [1.165, 1.54) is 23.1 Å². The number of methoxy groups -OCH3 is 2. The van der Waals surface area contributed by atoms with E-state index in [1.54, 1.807) is 46.3 Å². The average molecular weight is 412 g/mol. The van der Waals surface area contributed by atoms with E-state index in [9.17, 15) is 9.59 Å². The molecule has 0 aliphatic rings. The van der Waals surface area contributed by atoms with Crippen molar-refractivity contribution in [3.63, 3.8) is 0 Å². The van der Waals surface area contributed by atoms with Gasteiger partial charge in [-0.15, -0.1) is 10.2 Å². The van der Waals surface area contributed by atoms with E-state index < -0.39 is 5.25 Å². The molecule has 0 unspecified atom stereocenters. The zero-order valence-corrected chi connectivity index (χ0v) is 17.1. The first-order chi connectivity index (χ1) is 13.0. The molecule has 1 heterocycles. The van der Waals surface area contributed by atoms with Gasteiger partial charge in [0.2, 0.25) is 11.0 Å². The summed E-state index contributed by atoms with van der Waals surface area (Å²) in [6.07, 6.45) is 0.154. The minimum absolute atomic E-state index is 0.154. The van der Waals surface area contributed by atoms with Crippen molar-refractivity contribution in [2.75, 3.05) is 26.1 Å². The lowest BCUT2D eigenvalue weighted by atomic mass is 10.1. The number of nitrogens with one attached hydrogen (secondary N) is 1. The summed E-state index contributed by atoms with van der Waals surface area (Å²) in [5, 5.41) is 10.6. The second-order valence-electron chi connectivity index (χ2n) is 5.30. The molecule has 2 aromatic rings. The maximum atomic E-state index is 12.2. The molecule has 1 atom stereocenters. The van der Waals surface area contributed by atoms with Crippen LogP contribution in [0.5, 0.6) is 11.5 Å². The first-order valence-corrected chi connectivity index (χ1v) is 9.84. The monoisotopic (exact) mass is 411 g/mol. The number of rotatable bonds is 9. The normalized spacial score (nSPS) is 11.6. The molecule has 0 fully saturated rings. The molecule has 0 bridgehead atoms. The number of nitrogens with zero attached hydrogens (tertiary/aromatic N) is 2. The summed E-state index contributed by atoms with van der Waals surface area (Å²) in [5.74, 6) is 0.624. The van der Waals surface area contributed by atoms with E-state index in [4.69, 9.17) is 14.2 Å². The Hall–Kier alpha value is -2.33. The molecule has 10 heteroatoms. The van der Waals surface area contributed by atoms with Crippen LogP contribution in [-0.2, 0) is 20.7 Å². The maximum absolute atomic E-state index is 12.2. The van der Waals surface area contributed by atoms with Crippen LogP contribution < -0.4 is 14.8 Å². The van der Waals surface area contributed by atoms with Crippen molar-refractivity contribution in [1.29, 1.82) is 0 Å². The van der Waals surface area contributed by atoms with E-state index in [0.29, 0.717) is 27.6 Å². The largest absolute Gasteiger partial charge is 0.493 e. The van der Waals surface area contributed by atoms with Gasteiger partial charge in [-0.3, -0.25) is 9.59 Å². The summed E-state index contributed by atoms with van der Waals surface area (Å²) in [4.78, 5) is 23.9. The fraction of sp³-hybridized carbons (Fsp3) is 0.412. The molecule has 27 heavy (non-hydrogen) atoms. The second-order valence-corrected chi connectivity index (χ2v) is 7.86. The van der Waals surface area contributed by atoms with Crippen molar-refractivity contribution >= 4 is 40.1 Å². The number of ether oxygens (including phenoxy) is 3. The van der Waals surface area contributed by atoms with Gasteiger partial charge in [0, 0.05) is 0 Å². The van der Waals surface area contributed by atoms with Crippen LogP contribution in [0.15, 0.2) is 22.5 Å². The molecule has 0 saturated heterocycles. The summed E-state index contributed by atoms with van der Waals surface area (Å²) in [6, 6.07) is 5.29. The number of benzene rings is 1. The summed E-state index contributed by atoms with van der Waals surface area (Å²) in [6.45, 7) is 3.82. The van der Waals surface area contributed by atoms with E-state index in [0.717, 1.165) is 5.56 Å². The van der Waals surface area contributed by atoms with Crippen LogP contribution in [0, 0.1) is 0 Å². The van der Waals surface area contributed by atoms with E-state index in [-0.39, 0.29) is 18.3 Å². The Kier molecular flexibility index (Phi) is 7.86. The van der Waals surface area contributed by atoms with Gasteiger partial charge < -0.3 is 19.5 Å². The van der Waals surface area contributed by atoms with Gasteiger partial charge in [-0.2, -0.15) is 0 Å². The molecule has 8 nitrogen and oxygen atoms in total. The highest BCUT2D eigenvalue weighted by Gasteiger charge is 2.18. The van der Waals surface area contributed by atoms with Crippen LogP contribution in [0.4, 0.5) is 5.13 Å². The standard InChI is InChI=1S/C17H21N3O5S2/c1-5-25-15(22)10(2)26-17-20-19-16(27-17)18-14(21)9-11-6-7-12(23-3)13(8-11)24-4/h6-8,10H,5,9H2,1-4H3,(H,18,19,21)/t10-/m1/s1. The highest BCUT2D eigenvalue weighted by Crippen LogP contribution is 2.30. The van der Waals surface area contributed by atoms with E-state index in [1.807, 2.05) is 0 Å².